The third-order valence-electron chi connectivity index (χ3n) is 7.75. The largest absolute Gasteiger partial charge is 0.416 e. The number of piperidine rings is 1. The van der Waals surface area contributed by atoms with E-state index in [1.807, 2.05) is 0 Å². The second kappa shape index (κ2) is 10.0. The van der Waals surface area contributed by atoms with Crippen molar-refractivity contribution in [2.75, 3.05) is 12.3 Å². The Bertz CT molecular complexity index is 1670. The number of aromatic nitrogens is 1. The second-order valence-corrected chi connectivity index (χ2v) is 10.3. The molecule has 41 heavy (non-hydrogen) atoms. The molecule has 0 radical (unpaired) electrons. The van der Waals surface area contributed by atoms with Gasteiger partial charge < -0.3 is 10.6 Å². The highest BCUT2D eigenvalue weighted by atomic mass is 19.4. The third kappa shape index (κ3) is 4.79. The van der Waals surface area contributed by atoms with Crippen LogP contribution in [0.3, 0.4) is 0 Å². The Morgan fingerprint density at radius 3 is 2.27 bits per heavy atom. The average molecular weight is 559 g/mol. The summed E-state index contributed by atoms with van der Waals surface area (Å²) in [6.45, 7) is 0.412. The van der Waals surface area contributed by atoms with E-state index in [0.29, 0.717) is 51.7 Å². The fraction of sp³-hybridized carbons (Fsp3) is 0.226. The first-order chi connectivity index (χ1) is 19.6. The van der Waals surface area contributed by atoms with Crippen molar-refractivity contribution in [3.63, 3.8) is 0 Å². The monoisotopic (exact) mass is 558 g/mol. The molecule has 0 aliphatic carbocycles. The Hall–Kier alpha value is -4.73. The lowest BCUT2D eigenvalue weighted by molar-refractivity contribution is -0.137. The van der Waals surface area contributed by atoms with Crippen LogP contribution in [0, 0.1) is 0 Å². The molecule has 2 N–H and O–H groups in total. The van der Waals surface area contributed by atoms with E-state index in [9.17, 15) is 27.6 Å². The molecule has 0 saturated carbocycles. The summed E-state index contributed by atoms with van der Waals surface area (Å²) in [6, 6.07) is 17.8. The van der Waals surface area contributed by atoms with Crippen LogP contribution in [0.25, 0.3) is 10.9 Å². The number of likely N-dealkylation sites (tertiary alicyclic amines) is 1. The topological polar surface area (TPSA) is 96.6 Å². The standard InChI is InChI=1S/C31H25F3N4O3/c32-31(33,34)21-11-8-18(9-12-21)26-7-3-4-14-37(26)28(39)19-10-13-25-24(15-19)20(16-27(35)36-25)17-38-29(40)22-5-1-2-6-23(22)30(38)41/h1-2,5-6,8-13,15-16,26H,3-4,7,14,17H2,(H2,35,36). The van der Waals surface area contributed by atoms with Crippen molar-refractivity contribution in [2.24, 2.45) is 0 Å². The summed E-state index contributed by atoms with van der Waals surface area (Å²) >= 11 is 0. The van der Waals surface area contributed by atoms with E-state index in [4.69, 9.17) is 5.73 Å². The first-order valence-corrected chi connectivity index (χ1v) is 13.2. The summed E-state index contributed by atoms with van der Waals surface area (Å²) in [5.74, 6) is -0.871. The lowest BCUT2D eigenvalue weighted by Gasteiger charge is -2.36. The van der Waals surface area contributed by atoms with Gasteiger partial charge >= 0.3 is 6.18 Å². The van der Waals surface area contributed by atoms with E-state index in [1.54, 1.807) is 53.4 Å². The summed E-state index contributed by atoms with van der Waals surface area (Å²) in [4.78, 5) is 47.0. The van der Waals surface area contributed by atoms with Gasteiger partial charge in [0, 0.05) is 17.5 Å². The molecule has 3 aromatic carbocycles. The van der Waals surface area contributed by atoms with Gasteiger partial charge in [-0.15, -0.1) is 0 Å². The summed E-state index contributed by atoms with van der Waals surface area (Å²) in [5.41, 5.74) is 8.06. The minimum Gasteiger partial charge on any atom is -0.384 e. The molecule has 2 aliphatic rings. The molecule has 0 bridgehead atoms. The Morgan fingerprint density at radius 1 is 0.927 bits per heavy atom. The molecule has 10 heteroatoms. The smallest absolute Gasteiger partial charge is 0.384 e. The molecule has 4 aromatic rings. The Kier molecular flexibility index (Phi) is 6.48. The van der Waals surface area contributed by atoms with Crippen LogP contribution in [0.1, 0.15) is 73.1 Å². The zero-order valence-electron chi connectivity index (χ0n) is 21.8. The van der Waals surface area contributed by atoms with Crippen LogP contribution >= 0.6 is 0 Å². The molecule has 1 saturated heterocycles. The molecule has 6 rings (SSSR count). The van der Waals surface area contributed by atoms with E-state index in [2.05, 4.69) is 4.98 Å². The van der Waals surface area contributed by atoms with Crippen LogP contribution in [-0.2, 0) is 12.7 Å². The molecule has 2 aliphatic heterocycles. The number of amides is 3. The molecule has 1 atom stereocenters. The highest BCUT2D eigenvalue weighted by molar-refractivity contribution is 6.21. The van der Waals surface area contributed by atoms with E-state index in [1.165, 1.54) is 12.1 Å². The molecule has 3 heterocycles. The Morgan fingerprint density at radius 2 is 1.61 bits per heavy atom. The number of alkyl halides is 3. The second-order valence-electron chi connectivity index (χ2n) is 10.3. The molecule has 7 nitrogen and oxygen atoms in total. The third-order valence-corrected chi connectivity index (χ3v) is 7.75. The van der Waals surface area contributed by atoms with Gasteiger partial charge in [-0.3, -0.25) is 19.3 Å². The van der Waals surface area contributed by atoms with Gasteiger partial charge in [0.05, 0.1) is 34.8 Å². The minimum absolute atomic E-state index is 0.0505. The quantitative estimate of drug-likeness (QED) is 0.310. The van der Waals surface area contributed by atoms with Crippen LogP contribution in [0.15, 0.2) is 72.8 Å². The van der Waals surface area contributed by atoms with Crippen molar-refractivity contribution in [3.05, 3.63) is 106 Å². The molecule has 0 spiro atoms. The van der Waals surface area contributed by atoms with Crippen molar-refractivity contribution in [2.45, 2.75) is 38.0 Å². The summed E-state index contributed by atoms with van der Waals surface area (Å²) < 4.78 is 39.3. The zero-order chi connectivity index (χ0) is 28.9. The van der Waals surface area contributed by atoms with E-state index in [-0.39, 0.29) is 24.3 Å². The first kappa shape index (κ1) is 26.5. The van der Waals surface area contributed by atoms with Crippen LogP contribution < -0.4 is 5.73 Å². The number of anilines is 1. The fourth-order valence-electron chi connectivity index (χ4n) is 5.72. The summed E-state index contributed by atoms with van der Waals surface area (Å²) in [7, 11) is 0. The lowest BCUT2D eigenvalue weighted by atomic mass is 9.93. The SMILES string of the molecule is Nc1cc(CN2C(=O)c3ccccc3C2=O)c2cc(C(=O)N3CCCCC3c3ccc(C(F)(F)F)cc3)ccc2n1. The van der Waals surface area contributed by atoms with Gasteiger partial charge in [-0.05, 0) is 78.9 Å². The van der Waals surface area contributed by atoms with Crippen LogP contribution in [0.2, 0.25) is 0 Å². The van der Waals surface area contributed by atoms with Crippen molar-refractivity contribution < 1.29 is 27.6 Å². The number of imide groups is 1. The molecule has 1 unspecified atom stereocenters. The maximum absolute atomic E-state index is 13.8. The number of carbonyl (C=O) groups is 3. The summed E-state index contributed by atoms with van der Waals surface area (Å²) in [5, 5.41) is 0.574. The Labute approximate surface area is 233 Å². The predicted octanol–water partition coefficient (Wildman–Crippen LogP) is 6.00. The number of nitrogens with two attached hydrogens (primary N) is 1. The molecular formula is C31H25F3N4O3. The van der Waals surface area contributed by atoms with Crippen LogP contribution in [0.4, 0.5) is 19.0 Å². The van der Waals surface area contributed by atoms with E-state index < -0.39 is 23.6 Å². The number of benzene rings is 3. The minimum atomic E-state index is -4.44. The van der Waals surface area contributed by atoms with Crippen molar-refractivity contribution in [1.82, 2.24) is 14.8 Å². The molecule has 208 valence electrons. The number of rotatable bonds is 4. The van der Waals surface area contributed by atoms with Crippen molar-refractivity contribution >= 4 is 34.4 Å². The Balaban J connectivity index is 1.32. The number of nitrogen functional groups attached to an aromatic ring is 1. The van der Waals surface area contributed by atoms with Crippen LogP contribution in [0.5, 0.6) is 0 Å². The molecule has 1 fully saturated rings. The van der Waals surface area contributed by atoms with E-state index in [0.717, 1.165) is 29.9 Å². The van der Waals surface area contributed by atoms with Gasteiger partial charge in [-0.2, -0.15) is 13.2 Å². The molecular weight excluding hydrogens is 533 g/mol. The molecule has 3 amide bonds. The first-order valence-electron chi connectivity index (χ1n) is 13.2. The van der Waals surface area contributed by atoms with Gasteiger partial charge in [-0.1, -0.05) is 24.3 Å². The lowest BCUT2D eigenvalue weighted by Crippen LogP contribution is -2.38. The maximum atomic E-state index is 13.8. The number of hydrogen-bond donors (Lipinski definition) is 1. The molecule has 1 aromatic heterocycles. The predicted molar refractivity (Wildman–Crippen MR) is 146 cm³/mol. The van der Waals surface area contributed by atoms with Gasteiger partial charge in [0.25, 0.3) is 17.7 Å². The average Bonchev–Trinajstić information content (AvgIpc) is 3.21. The highest BCUT2D eigenvalue weighted by Crippen LogP contribution is 2.36. The number of pyridine rings is 1. The number of fused-ring (bicyclic) bond motifs is 2. The van der Waals surface area contributed by atoms with Gasteiger partial charge in [0.15, 0.2) is 0 Å². The van der Waals surface area contributed by atoms with Gasteiger partial charge in [0.1, 0.15) is 5.82 Å². The fourth-order valence-corrected chi connectivity index (χ4v) is 5.72. The van der Waals surface area contributed by atoms with E-state index >= 15 is 0 Å². The van der Waals surface area contributed by atoms with Crippen molar-refractivity contribution in [3.8, 4) is 0 Å². The number of halogens is 3. The number of carbonyl (C=O) groups excluding carboxylic acids is 3. The normalized spacial score (nSPS) is 17.3. The highest BCUT2D eigenvalue weighted by Gasteiger charge is 2.36. The number of nitrogens with zero attached hydrogens (tertiary/aromatic N) is 3. The maximum Gasteiger partial charge on any atom is 0.416 e. The van der Waals surface area contributed by atoms with Gasteiger partial charge in [0.2, 0.25) is 0 Å². The van der Waals surface area contributed by atoms with Gasteiger partial charge in [-0.25, -0.2) is 4.98 Å². The summed E-state index contributed by atoms with van der Waals surface area (Å²) in [6.07, 6.45) is -2.18. The zero-order valence-corrected chi connectivity index (χ0v) is 21.8. The number of hydrogen-bond acceptors (Lipinski definition) is 5. The van der Waals surface area contributed by atoms with Crippen LogP contribution in [-0.4, -0.2) is 39.1 Å². The van der Waals surface area contributed by atoms with Crippen molar-refractivity contribution in [1.29, 1.82) is 0 Å².